The fraction of sp³-hybridized carbons (Fsp3) is 0.182. The Morgan fingerprint density at radius 3 is 1.24 bits per heavy atom. The van der Waals surface area contributed by atoms with Gasteiger partial charge in [-0.3, -0.25) is 0 Å². The van der Waals surface area contributed by atoms with Crippen LogP contribution in [0.1, 0.15) is 52.7 Å². The highest BCUT2D eigenvalue weighted by Crippen LogP contribution is 2.39. The summed E-state index contributed by atoms with van der Waals surface area (Å²) in [5, 5.41) is 10.5. The number of hydrogen-bond donors (Lipinski definition) is 0. The molecule has 8 aromatic rings. The summed E-state index contributed by atoms with van der Waals surface area (Å²) in [7, 11) is 0. The summed E-state index contributed by atoms with van der Waals surface area (Å²) in [6, 6.07) is 47.8. The highest BCUT2D eigenvalue weighted by Gasteiger charge is 2.21. The van der Waals surface area contributed by atoms with Gasteiger partial charge in [0.15, 0.2) is 0 Å². The number of nitrogens with zero attached hydrogens (tertiary/aromatic N) is 1. The van der Waals surface area contributed by atoms with Crippen molar-refractivity contribution in [3.05, 3.63) is 139 Å². The lowest BCUT2D eigenvalue weighted by atomic mass is 9.85. The minimum Gasteiger partial charge on any atom is -0.309 e. The van der Waals surface area contributed by atoms with Crippen LogP contribution in [0.4, 0.5) is 0 Å². The van der Waals surface area contributed by atoms with E-state index >= 15 is 0 Å². The molecule has 1 heteroatoms. The Kier molecular flexibility index (Phi) is 6.03. The van der Waals surface area contributed by atoms with Crippen LogP contribution in [0.2, 0.25) is 0 Å². The average Bonchev–Trinajstić information content (AvgIpc) is 3.37. The lowest BCUT2D eigenvalue weighted by Gasteiger charge is -2.19. The maximum absolute atomic E-state index is 2.44. The van der Waals surface area contributed by atoms with Crippen LogP contribution in [0, 0.1) is 0 Å². The van der Waals surface area contributed by atoms with Crippen molar-refractivity contribution in [2.24, 2.45) is 0 Å². The molecule has 220 valence electrons. The molecule has 0 radical (unpaired) electrons. The molecule has 0 spiro atoms. The summed E-state index contributed by atoms with van der Waals surface area (Å²) >= 11 is 0. The molecule has 0 unspecified atom stereocenters. The Balaban J connectivity index is 1.29. The normalized spacial score (nSPS) is 12.7. The zero-order chi connectivity index (χ0) is 31.1. The van der Waals surface area contributed by atoms with E-state index in [0.29, 0.717) is 0 Å². The Morgan fingerprint density at radius 2 is 0.778 bits per heavy atom. The molecule has 0 fully saturated rings. The third-order valence-electron chi connectivity index (χ3n) is 9.70. The molecule has 0 bridgehead atoms. The van der Waals surface area contributed by atoms with Crippen molar-refractivity contribution in [2.45, 2.75) is 52.4 Å². The molecule has 0 aliphatic rings. The van der Waals surface area contributed by atoms with E-state index in [2.05, 4.69) is 174 Å². The minimum absolute atomic E-state index is 0.0867. The van der Waals surface area contributed by atoms with E-state index in [1.54, 1.807) is 0 Å². The topological polar surface area (TPSA) is 4.93 Å². The van der Waals surface area contributed by atoms with Gasteiger partial charge in [0, 0.05) is 16.5 Å². The molecule has 0 amide bonds. The van der Waals surface area contributed by atoms with Crippen LogP contribution in [0.3, 0.4) is 0 Å². The van der Waals surface area contributed by atoms with Crippen molar-refractivity contribution in [1.82, 2.24) is 4.57 Å². The zero-order valence-corrected chi connectivity index (χ0v) is 27.1. The Labute approximate surface area is 265 Å². The molecule has 1 heterocycles. The van der Waals surface area contributed by atoms with E-state index in [4.69, 9.17) is 0 Å². The molecule has 0 saturated carbocycles. The summed E-state index contributed by atoms with van der Waals surface area (Å²) in [5.74, 6) is 0. The predicted molar refractivity (Wildman–Crippen MR) is 196 cm³/mol. The number of rotatable bonds is 2. The summed E-state index contributed by atoms with van der Waals surface area (Å²) in [5.41, 5.74) is 9.05. The molecule has 0 aliphatic heterocycles. The molecule has 1 aromatic heterocycles. The van der Waals surface area contributed by atoms with Gasteiger partial charge < -0.3 is 4.57 Å². The number of aromatic nitrogens is 1. The Morgan fingerprint density at radius 1 is 0.356 bits per heavy atom. The summed E-state index contributed by atoms with van der Waals surface area (Å²) < 4.78 is 2.44. The first-order valence-corrected chi connectivity index (χ1v) is 16.1. The van der Waals surface area contributed by atoms with Gasteiger partial charge in [-0.2, -0.15) is 0 Å². The van der Waals surface area contributed by atoms with Gasteiger partial charge >= 0.3 is 0 Å². The van der Waals surface area contributed by atoms with Crippen molar-refractivity contribution < 1.29 is 0 Å². The fourth-order valence-electron chi connectivity index (χ4n) is 7.12. The molecule has 8 rings (SSSR count). The molecule has 0 atom stereocenters. The van der Waals surface area contributed by atoms with Gasteiger partial charge in [0.25, 0.3) is 0 Å². The van der Waals surface area contributed by atoms with Crippen LogP contribution in [0.5, 0.6) is 0 Å². The number of benzene rings is 7. The smallest absolute Gasteiger partial charge is 0.0541 e. The predicted octanol–water partition coefficient (Wildman–Crippen LogP) is 12.5. The van der Waals surface area contributed by atoms with Crippen LogP contribution in [0.15, 0.2) is 127 Å². The van der Waals surface area contributed by atoms with Crippen LogP contribution >= 0.6 is 0 Å². The Hall–Kier alpha value is -4.88. The second-order valence-corrected chi connectivity index (χ2v) is 14.7. The van der Waals surface area contributed by atoms with Gasteiger partial charge in [-0.25, -0.2) is 0 Å². The lowest BCUT2D eigenvalue weighted by molar-refractivity contribution is 0.590. The van der Waals surface area contributed by atoms with E-state index in [9.17, 15) is 0 Å². The van der Waals surface area contributed by atoms with E-state index in [-0.39, 0.29) is 10.8 Å². The third kappa shape index (κ3) is 4.45. The zero-order valence-electron chi connectivity index (χ0n) is 27.1. The molecule has 7 aromatic carbocycles. The number of hydrogen-bond acceptors (Lipinski definition) is 0. The third-order valence-corrected chi connectivity index (χ3v) is 9.70. The van der Waals surface area contributed by atoms with Crippen molar-refractivity contribution in [1.29, 1.82) is 0 Å². The van der Waals surface area contributed by atoms with Gasteiger partial charge in [-0.05, 0) is 108 Å². The summed E-state index contributed by atoms with van der Waals surface area (Å²) in [6.07, 6.45) is 0. The highest BCUT2D eigenvalue weighted by atomic mass is 15.0. The highest BCUT2D eigenvalue weighted by molar-refractivity contribution is 6.25. The second kappa shape index (κ2) is 9.81. The van der Waals surface area contributed by atoms with Gasteiger partial charge in [-0.15, -0.1) is 0 Å². The van der Waals surface area contributed by atoms with Crippen LogP contribution in [-0.2, 0) is 10.8 Å². The van der Waals surface area contributed by atoms with E-state index in [0.717, 1.165) is 0 Å². The summed E-state index contributed by atoms with van der Waals surface area (Å²) in [6.45, 7) is 13.8. The van der Waals surface area contributed by atoms with Crippen LogP contribution in [-0.4, -0.2) is 4.57 Å². The first-order valence-electron chi connectivity index (χ1n) is 16.1. The maximum atomic E-state index is 2.44. The largest absolute Gasteiger partial charge is 0.309 e. The van der Waals surface area contributed by atoms with E-state index in [1.165, 1.54) is 82.1 Å². The van der Waals surface area contributed by atoms with Crippen molar-refractivity contribution >= 4 is 54.1 Å². The number of fused-ring (bicyclic) bond motifs is 9. The lowest BCUT2D eigenvalue weighted by Crippen LogP contribution is -2.10. The molecule has 0 aliphatic carbocycles. The fourth-order valence-corrected chi connectivity index (χ4v) is 7.12. The van der Waals surface area contributed by atoms with Crippen LogP contribution < -0.4 is 0 Å². The molecular weight excluding hydrogens is 542 g/mol. The van der Waals surface area contributed by atoms with Crippen molar-refractivity contribution in [2.75, 3.05) is 0 Å². The maximum Gasteiger partial charge on any atom is 0.0541 e. The van der Waals surface area contributed by atoms with Crippen LogP contribution in [0.25, 0.3) is 70.9 Å². The molecule has 45 heavy (non-hydrogen) atoms. The van der Waals surface area contributed by atoms with Gasteiger partial charge in [0.05, 0.1) is 11.0 Å². The van der Waals surface area contributed by atoms with Gasteiger partial charge in [0.2, 0.25) is 0 Å². The Bertz CT molecular complexity index is 2320. The van der Waals surface area contributed by atoms with Gasteiger partial charge in [0.1, 0.15) is 0 Å². The molecule has 0 N–H and O–H groups in total. The minimum atomic E-state index is 0.0867. The first-order chi connectivity index (χ1) is 21.6. The van der Waals surface area contributed by atoms with E-state index in [1.807, 2.05) is 0 Å². The van der Waals surface area contributed by atoms with E-state index < -0.39 is 0 Å². The molecular formula is C44H39N. The first kappa shape index (κ1) is 27.7. The molecule has 0 saturated heterocycles. The van der Waals surface area contributed by atoms with Gasteiger partial charge in [-0.1, -0.05) is 126 Å². The second-order valence-electron chi connectivity index (χ2n) is 14.7. The molecule has 1 nitrogen and oxygen atoms in total. The summed E-state index contributed by atoms with van der Waals surface area (Å²) in [4.78, 5) is 0. The quantitative estimate of drug-likeness (QED) is 0.179. The van der Waals surface area contributed by atoms with Crippen molar-refractivity contribution in [3.8, 4) is 16.8 Å². The monoisotopic (exact) mass is 581 g/mol. The van der Waals surface area contributed by atoms with Crippen molar-refractivity contribution in [3.63, 3.8) is 0 Å². The average molecular weight is 582 g/mol. The SMILES string of the molecule is CC(C)(C)c1ccc2c(c1)c1cc(C(C)(C)C)ccc1n2-c1ccc(-c2ccc3c4ccccc4c4ccccc4c3c2)cc1. The standard InChI is InChI=1S/C44H39N/c1-43(2,3)30-18-23-41-39(26-30)40-27-31(44(4,5)6)19-24-42(40)45(41)32-20-15-28(16-21-32)29-17-22-37-35-13-8-7-11-33(35)34-12-9-10-14-36(34)38(37)25-29/h7-27H,1-6H3.